The van der Waals surface area contributed by atoms with Gasteiger partial charge in [0.25, 0.3) is 5.60 Å². The van der Waals surface area contributed by atoms with Crippen LogP contribution >= 0.6 is 0 Å². The SMILES string of the molecule is C=C(C)C(O)OCCCC(O)(C(F)(F)F)C(F)(F)F. The Morgan fingerprint density at radius 1 is 1.16 bits per heavy atom. The quantitative estimate of drug-likeness (QED) is 0.343. The van der Waals surface area contributed by atoms with Gasteiger partial charge in [-0.15, -0.1) is 0 Å². The van der Waals surface area contributed by atoms with Crippen molar-refractivity contribution in [3.8, 4) is 0 Å². The van der Waals surface area contributed by atoms with E-state index in [9.17, 15) is 26.3 Å². The van der Waals surface area contributed by atoms with Gasteiger partial charge in [0, 0.05) is 0 Å². The van der Waals surface area contributed by atoms with E-state index in [1.807, 2.05) is 0 Å². The average Bonchev–Trinajstić information content (AvgIpc) is 2.20. The first-order valence-corrected chi connectivity index (χ1v) is 5.14. The van der Waals surface area contributed by atoms with Crippen LogP contribution in [0.25, 0.3) is 0 Å². The van der Waals surface area contributed by atoms with E-state index in [4.69, 9.17) is 10.2 Å². The molecule has 0 rings (SSSR count). The first-order valence-electron chi connectivity index (χ1n) is 5.14. The summed E-state index contributed by atoms with van der Waals surface area (Å²) in [5, 5.41) is 17.8. The highest BCUT2D eigenvalue weighted by molar-refractivity contribution is 4.94. The molecule has 114 valence electrons. The predicted octanol–water partition coefficient (Wildman–Crippen LogP) is 2.53. The van der Waals surface area contributed by atoms with Gasteiger partial charge in [0.2, 0.25) is 0 Å². The number of aliphatic hydroxyl groups excluding tert-OH is 1. The Labute approximate surface area is 105 Å². The van der Waals surface area contributed by atoms with Crippen LogP contribution in [0, 0.1) is 0 Å². The Balaban J connectivity index is 4.52. The second kappa shape index (κ2) is 6.10. The van der Waals surface area contributed by atoms with Crippen molar-refractivity contribution in [1.82, 2.24) is 0 Å². The van der Waals surface area contributed by atoms with Gasteiger partial charge in [0.05, 0.1) is 6.61 Å². The number of aliphatic hydroxyl groups is 2. The van der Waals surface area contributed by atoms with Gasteiger partial charge in [-0.05, 0) is 25.3 Å². The lowest BCUT2D eigenvalue weighted by atomic mass is 9.96. The van der Waals surface area contributed by atoms with Crippen molar-refractivity contribution in [2.45, 2.75) is 44.0 Å². The molecule has 2 N–H and O–H groups in total. The number of rotatable bonds is 6. The van der Waals surface area contributed by atoms with E-state index < -0.39 is 43.7 Å². The zero-order valence-electron chi connectivity index (χ0n) is 9.98. The summed E-state index contributed by atoms with van der Waals surface area (Å²) in [7, 11) is 0. The molecule has 0 aliphatic heterocycles. The zero-order valence-corrected chi connectivity index (χ0v) is 9.98. The van der Waals surface area contributed by atoms with Crippen LogP contribution < -0.4 is 0 Å². The number of alkyl halides is 6. The maximum Gasteiger partial charge on any atom is 0.426 e. The van der Waals surface area contributed by atoms with Gasteiger partial charge >= 0.3 is 12.4 Å². The summed E-state index contributed by atoms with van der Waals surface area (Å²) in [6.07, 6.45) is -15.5. The molecule has 0 bridgehead atoms. The van der Waals surface area contributed by atoms with Gasteiger partial charge in [-0.3, -0.25) is 0 Å². The molecule has 0 aromatic rings. The fourth-order valence-corrected chi connectivity index (χ4v) is 1.11. The van der Waals surface area contributed by atoms with Crippen LogP contribution in [-0.4, -0.2) is 41.1 Å². The van der Waals surface area contributed by atoms with E-state index >= 15 is 0 Å². The number of ether oxygens (including phenoxy) is 1. The van der Waals surface area contributed by atoms with Crippen LogP contribution in [0.5, 0.6) is 0 Å². The van der Waals surface area contributed by atoms with E-state index in [1.165, 1.54) is 6.92 Å². The van der Waals surface area contributed by atoms with Crippen molar-refractivity contribution in [3.63, 3.8) is 0 Å². The molecule has 1 unspecified atom stereocenters. The summed E-state index contributed by atoms with van der Waals surface area (Å²) in [6.45, 7) is 4.06. The van der Waals surface area contributed by atoms with Gasteiger partial charge in [0.1, 0.15) is 0 Å². The minimum absolute atomic E-state index is 0.155. The molecule has 0 amide bonds. The molecule has 0 aliphatic carbocycles. The van der Waals surface area contributed by atoms with Crippen LogP contribution in [0.2, 0.25) is 0 Å². The molecule has 0 saturated heterocycles. The lowest BCUT2D eigenvalue weighted by Crippen LogP contribution is -2.56. The molecule has 0 aromatic carbocycles. The highest BCUT2D eigenvalue weighted by Crippen LogP contribution is 2.45. The first kappa shape index (κ1) is 18.2. The highest BCUT2D eigenvalue weighted by Gasteiger charge is 2.69. The Kier molecular flexibility index (Phi) is 5.84. The van der Waals surface area contributed by atoms with Crippen LogP contribution in [0.3, 0.4) is 0 Å². The van der Waals surface area contributed by atoms with E-state index in [1.54, 1.807) is 0 Å². The zero-order chi connectivity index (χ0) is 15.5. The van der Waals surface area contributed by atoms with Crippen molar-refractivity contribution in [3.05, 3.63) is 12.2 Å². The molecule has 0 radical (unpaired) electrons. The molecule has 0 spiro atoms. The van der Waals surface area contributed by atoms with Crippen LogP contribution in [-0.2, 0) is 4.74 Å². The van der Waals surface area contributed by atoms with Gasteiger partial charge in [-0.25, -0.2) is 0 Å². The molecule has 0 aliphatic rings. The maximum atomic E-state index is 12.2. The Morgan fingerprint density at radius 2 is 1.58 bits per heavy atom. The summed E-state index contributed by atoms with van der Waals surface area (Å²) < 4.78 is 78.0. The number of hydrogen-bond acceptors (Lipinski definition) is 3. The second-order valence-electron chi connectivity index (χ2n) is 4.03. The van der Waals surface area contributed by atoms with Crippen molar-refractivity contribution in [2.75, 3.05) is 6.61 Å². The first-order chi connectivity index (χ1) is 8.33. The molecule has 9 heteroatoms. The lowest BCUT2D eigenvalue weighted by Gasteiger charge is -2.32. The van der Waals surface area contributed by atoms with Gasteiger partial charge in [0.15, 0.2) is 6.29 Å². The number of hydrogen-bond donors (Lipinski definition) is 2. The van der Waals surface area contributed by atoms with Crippen LogP contribution in [0.4, 0.5) is 26.3 Å². The van der Waals surface area contributed by atoms with Crippen LogP contribution in [0.15, 0.2) is 12.2 Å². The summed E-state index contributed by atoms with van der Waals surface area (Å²) in [5.74, 6) is 0. The molecular formula is C10H14F6O3. The molecule has 1 atom stereocenters. The Morgan fingerprint density at radius 3 is 1.89 bits per heavy atom. The Hall–Kier alpha value is -0.800. The Bertz CT molecular complexity index is 295. The highest BCUT2D eigenvalue weighted by atomic mass is 19.4. The molecule has 0 heterocycles. The maximum absolute atomic E-state index is 12.2. The third-order valence-corrected chi connectivity index (χ3v) is 2.32. The fourth-order valence-electron chi connectivity index (χ4n) is 1.11. The summed E-state index contributed by atoms with van der Waals surface area (Å²) in [6, 6.07) is 0. The molecule has 0 fully saturated rings. The van der Waals surface area contributed by atoms with E-state index in [0.29, 0.717) is 0 Å². The summed E-state index contributed by atoms with van der Waals surface area (Å²) >= 11 is 0. The fraction of sp³-hybridized carbons (Fsp3) is 0.800. The predicted molar refractivity (Wildman–Crippen MR) is 53.1 cm³/mol. The molecule has 0 saturated carbocycles. The topological polar surface area (TPSA) is 49.7 Å². The monoisotopic (exact) mass is 296 g/mol. The van der Waals surface area contributed by atoms with Crippen molar-refractivity contribution < 1.29 is 41.3 Å². The standard InChI is InChI=1S/C10H14F6O3/c1-6(2)7(17)19-5-3-4-8(18,9(11,12)13)10(14,15)16/h7,17-18H,1,3-5H2,2H3. The van der Waals surface area contributed by atoms with Gasteiger partial charge in [-0.2, -0.15) is 26.3 Å². The largest absolute Gasteiger partial charge is 0.426 e. The van der Waals surface area contributed by atoms with Gasteiger partial charge in [-0.1, -0.05) is 6.58 Å². The number of halogens is 6. The van der Waals surface area contributed by atoms with Crippen molar-refractivity contribution in [1.29, 1.82) is 0 Å². The van der Waals surface area contributed by atoms with Crippen LogP contribution in [0.1, 0.15) is 19.8 Å². The minimum Gasteiger partial charge on any atom is -0.374 e. The molecule has 19 heavy (non-hydrogen) atoms. The average molecular weight is 296 g/mol. The second-order valence-corrected chi connectivity index (χ2v) is 4.03. The van der Waals surface area contributed by atoms with E-state index in [0.717, 1.165) is 0 Å². The summed E-state index contributed by atoms with van der Waals surface area (Å²) in [4.78, 5) is 0. The van der Waals surface area contributed by atoms with Crippen molar-refractivity contribution in [2.24, 2.45) is 0 Å². The third kappa shape index (κ3) is 4.66. The van der Waals surface area contributed by atoms with Crippen molar-refractivity contribution >= 4 is 0 Å². The lowest BCUT2D eigenvalue weighted by molar-refractivity contribution is -0.370. The van der Waals surface area contributed by atoms with Gasteiger partial charge < -0.3 is 14.9 Å². The molecular weight excluding hydrogens is 282 g/mol. The normalized spacial score (nSPS) is 15.4. The molecule has 3 nitrogen and oxygen atoms in total. The minimum atomic E-state index is -5.84. The van der Waals surface area contributed by atoms with E-state index in [2.05, 4.69) is 11.3 Å². The third-order valence-electron chi connectivity index (χ3n) is 2.32. The summed E-state index contributed by atoms with van der Waals surface area (Å²) in [5.41, 5.74) is -4.63. The molecule has 0 aromatic heterocycles. The smallest absolute Gasteiger partial charge is 0.374 e. The van der Waals surface area contributed by atoms with E-state index in [-0.39, 0.29) is 5.57 Å².